The van der Waals surface area contributed by atoms with Gasteiger partial charge < -0.3 is 14.5 Å². The molecule has 0 unspecified atom stereocenters. The third kappa shape index (κ3) is 4.34. The second kappa shape index (κ2) is 5.84. The van der Waals surface area contributed by atoms with Crippen molar-refractivity contribution in [3.63, 3.8) is 0 Å². The van der Waals surface area contributed by atoms with Gasteiger partial charge in [-0.3, -0.25) is 0 Å². The van der Waals surface area contributed by atoms with E-state index in [0.717, 1.165) is 5.76 Å². The van der Waals surface area contributed by atoms with E-state index in [9.17, 15) is 4.79 Å². The Morgan fingerprint density at radius 3 is 2.48 bits per heavy atom. The van der Waals surface area contributed by atoms with Gasteiger partial charge in [0.25, 0.3) is 0 Å². The summed E-state index contributed by atoms with van der Waals surface area (Å²) in [7, 11) is 1.36. The first-order valence-corrected chi connectivity index (χ1v) is 7.61. The third-order valence-corrected chi connectivity index (χ3v) is 4.17. The van der Waals surface area contributed by atoms with Crippen molar-refractivity contribution in [1.82, 2.24) is 5.32 Å². The smallest absolute Gasteiger partial charge is 0.373 e. The van der Waals surface area contributed by atoms with E-state index in [1.165, 1.54) is 26.4 Å². The van der Waals surface area contributed by atoms with E-state index in [0.29, 0.717) is 23.4 Å². The lowest BCUT2D eigenvalue weighted by Crippen LogP contribution is -2.43. The number of nitrogens with one attached hydrogen (secondary N) is 1. The van der Waals surface area contributed by atoms with E-state index in [4.69, 9.17) is 4.42 Å². The second-order valence-electron chi connectivity index (χ2n) is 7.75. The van der Waals surface area contributed by atoms with Crippen molar-refractivity contribution in [3.05, 3.63) is 23.7 Å². The molecule has 4 heteroatoms. The molecule has 0 spiro atoms. The number of rotatable bonds is 4. The number of esters is 1. The van der Waals surface area contributed by atoms with Crippen molar-refractivity contribution in [2.24, 2.45) is 10.8 Å². The van der Waals surface area contributed by atoms with Crippen LogP contribution in [-0.4, -0.2) is 19.1 Å². The summed E-state index contributed by atoms with van der Waals surface area (Å²) in [6.45, 7) is 10.00. The summed E-state index contributed by atoms with van der Waals surface area (Å²) >= 11 is 0. The van der Waals surface area contributed by atoms with Crippen molar-refractivity contribution in [3.8, 4) is 0 Å². The Kier molecular flexibility index (Phi) is 4.47. The zero-order valence-corrected chi connectivity index (χ0v) is 13.8. The Morgan fingerprint density at radius 2 is 1.90 bits per heavy atom. The van der Waals surface area contributed by atoms with Gasteiger partial charge in [0.05, 0.1) is 13.7 Å². The molecule has 0 amide bonds. The van der Waals surface area contributed by atoms with Crippen LogP contribution in [0.1, 0.15) is 63.3 Å². The van der Waals surface area contributed by atoms with E-state index in [-0.39, 0.29) is 5.76 Å². The van der Waals surface area contributed by atoms with Crippen LogP contribution in [0.25, 0.3) is 0 Å². The highest BCUT2D eigenvalue weighted by Crippen LogP contribution is 2.45. The fourth-order valence-corrected chi connectivity index (χ4v) is 3.92. The molecule has 118 valence electrons. The van der Waals surface area contributed by atoms with Gasteiger partial charge in [-0.05, 0) is 42.2 Å². The summed E-state index contributed by atoms with van der Waals surface area (Å²) in [5.41, 5.74) is 0.722. The summed E-state index contributed by atoms with van der Waals surface area (Å²) in [5.74, 6) is 0.608. The molecule has 0 radical (unpaired) electrons. The lowest BCUT2D eigenvalue weighted by Gasteiger charge is -2.45. The molecule has 1 fully saturated rings. The van der Waals surface area contributed by atoms with Crippen LogP contribution < -0.4 is 5.32 Å². The Hall–Kier alpha value is -1.29. The Bertz CT molecular complexity index is 486. The number of carbonyl (C=O) groups is 1. The molecule has 0 saturated heterocycles. The third-order valence-electron chi connectivity index (χ3n) is 4.17. The SMILES string of the molecule is COC(=O)c1ccc(CNC2CC(C)(C)CC(C)(C)C2)o1. The standard InChI is InChI=1S/C17H27NO3/c1-16(2)8-12(9-17(3,4)11-16)18-10-13-6-7-14(21-13)15(19)20-5/h6-7,12,18H,8-11H2,1-5H3. The van der Waals surface area contributed by atoms with Gasteiger partial charge in [-0.15, -0.1) is 0 Å². The van der Waals surface area contributed by atoms with Gasteiger partial charge >= 0.3 is 5.97 Å². The highest BCUT2D eigenvalue weighted by atomic mass is 16.5. The molecule has 2 rings (SSSR count). The Labute approximate surface area is 127 Å². The first kappa shape index (κ1) is 16.1. The van der Waals surface area contributed by atoms with E-state index in [2.05, 4.69) is 37.7 Å². The maximum Gasteiger partial charge on any atom is 0.373 e. The topological polar surface area (TPSA) is 51.5 Å². The molecule has 4 nitrogen and oxygen atoms in total. The van der Waals surface area contributed by atoms with Crippen LogP contribution >= 0.6 is 0 Å². The van der Waals surface area contributed by atoms with E-state index >= 15 is 0 Å². The van der Waals surface area contributed by atoms with Crippen molar-refractivity contribution in [2.45, 2.75) is 59.5 Å². The Balaban J connectivity index is 1.93. The lowest BCUT2D eigenvalue weighted by atomic mass is 9.63. The molecule has 1 saturated carbocycles. The molecule has 1 aromatic heterocycles. The van der Waals surface area contributed by atoms with Crippen molar-refractivity contribution < 1.29 is 13.9 Å². The van der Waals surface area contributed by atoms with Crippen LogP contribution in [0.2, 0.25) is 0 Å². The molecular formula is C17H27NO3. The van der Waals surface area contributed by atoms with Gasteiger partial charge in [-0.1, -0.05) is 27.7 Å². The number of carbonyl (C=O) groups excluding carboxylic acids is 1. The quantitative estimate of drug-likeness (QED) is 0.859. The first-order chi connectivity index (χ1) is 9.71. The summed E-state index contributed by atoms with van der Waals surface area (Å²) in [5, 5.41) is 3.57. The number of ether oxygens (including phenoxy) is 1. The summed E-state index contributed by atoms with van der Waals surface area (Å²) in [4.78, 5) is 11.4. The molecule has 21 heavy (non-hydrogen) atoms. The van der Waals surface area contributed by atoms with E-state index < -0.39 is 5.97 Å². The van der Waals surface area contributed by atoms with Crippen LogP contribution in [0.5, 0.6) is 0 Å². The summed E-state index contributed by atoms with van der Waals surface area (Å²) in [6, 6.07) is 3.98. The van der Waals surface area contributed by atoms with Crippen LogP contribution in [0.4, 0.5) is 0 Å². The zero-order valence-electron chi connectivity index (χ0n) is 13.8. The minimum absolute atomic E-state index is 0.263. The van der Waals surface area contributed by atoms with Crippen molar-refractivity contribution in [1.29, 1.82) is 0 Å². The fourth-order valence-electron chi connectivity index (χ4n) is 3.92. The number of hydrogen-bond donors (Lipinski definition) is 1. The second-order valence-corrected chi connectivity index (χ2v) is 7.75. The van der Waals surface area contributed by atoms with Crippen LogP contribution in [0.3, 0.4) is 0 Å². The molecule has 1 heterocycles. The first-order valence-electron chi connectivity index (χ1n) is 7.61. The van der Waals surface area contributed by atoms with Crippen molar-refractivity contribution >= 4 is 5.97 Å². The normalized spacial score (nSPS) is 21.2. The summed E-state index contributed by atoms with van der Waals surface area (Å²) in [6.07, 6.45) is 3.59. The van der Waals surface area contributed by atoms with Gasteiger partial charge in [0.2, 0.25) is 5.76 Å². The van der Waals surface area contributed by atoms with Crippen LogP contribution in [-0.2, 0) is 11.3 Å². The van der Waals surface area contributed by atoms with Gasteiger partial charge in [-0.25, -0.2) is 4.79 Å². The summed E-state index contributed by atoms with van der Waals surface area (Å²) < 4.78 is 10.1. The van der Waals surface area contributed by atoms with Crippen LogP contribution in [0.15, 0.2) is 16.5 Å². The number of furan rings is 1. The minimum atomic E-state index is -0.429. The molecule has 0 aromatic carbocycles. The van der Waals surface area contributed by atoms with Gasteiger partial charge in [0, 0.05) is 6.04 Å². The van der Waals surface area contributed by atoms with Gasteiger partial charge in [0.1, 0.15) is 5.76 Å². The zero-order chi connectivity index (χ0) is 15.7. The number of methoxy groups -OCH3 is 1. The molecule has 1 aromatic rings. The fraction of sp³-hybridized carbons (Fsp3) is 0.706. The molecule has 0 bridgehead atoms. The molecule has 0 aliphatic heterocycles. The molecule has 1 aliphatic carbocycles. The lowest BCUT2D eigenvalue weighted by molar-refractivity contribution is 0.0562. The number of hydrogen-bond acceptors (Lipinski definition) is 4. The molecule has 1 N–H and O–H groups in total. The molecule has 0 atom stereocenters. The van der Waals surface area contributed by atoms with Gasteiger partial charge in [0.15, 0.2) is 0 Å². The average molecular weight is 293 g/mol. The highest BCUT2D eigenvalue weighted by Gasteiger charge is 2.38. The van der Waals surface area contributed by atoms with Gasteiger partial charge in [-0.2, -0.15) is 0 Å². The highest BCUT2D eigenvalue weighted by molar-refractivity contribution is 5.86. The van der Waals surface area contributed by atoms with Crippen molar-refractivity contribution in [2.75, 3.05) is 7.11 Å². The molecular weight excluding hydrogens is 266 g/mol. The Morgan fingerprint density at radius 1 is 1.29 bits per heavy atom. The predicted octanol–water partition coefficient (Wildman–Crippen LogP) is 3.76. The average Bonchev–Trinajstić information content (AvgIpc) is 2.80. The monoisotopic (exact) mass is 293 g/mol. The van der Waals surface area contributed by atoms with E-state index in [1.54, 1.807) is 6.07 Å². The molecule has 1 aliphatic rings. The minimum Gasteiger partial charge on any atom is -0.463 e. The maximum absolute atomic E-state index is 11.4. The maximum atomic E-state index is 11.4. The van der Waals surface area contributed by atoms with Crippen LogP contribution in [0, 0.1) is 10.8 Å². The largest absolute Gasteiger partial charge is 0.463 e. The predicted molar refractivity (Wildman–Crippen MR) is 82.1 cm³/mol. The van der Waals surface area contributed by atoms with E-state index in [1.807, 2.05) is 6.07 Å².